The lowest BCUT2D eigenvalue weighted by atomic mass is 9.75. The number of nitrogens with two attached hydrogens (primary N) is 1. The molecule has 1 spiro atoms. The summed E-state index contributed by atoms with van der Waals surface area (Å²) in [6.07, 6.45) is 1.38. The number of rotatable bonds is 3. The molecule has 1 saturated heterocycles. The Labute approximate surface area is 168 Å². The number of nitrogens with zero attached hydrogens (tertiary/aromatic N) is 2. The third-order valence-electron chi connectivity index (χ3n) is 4.98. The first-order valence-electron chi connectivity index (χ1n) is 8.32. The number of nitrogen functional groups attached to an aromatic ring is 1. The number of hydrogen-bond acceptors (Lipinski definition) is 8. The fourth-order valence-corrected chi connectivity index (χ4v) is 4.35. The summed E-state index contributed by atoms with van der Waals surface area (Å²) in [6, 6.07) is 3.89. The van der Waals surface area contributed by atoms with Gasteiger partial charge in [-0.05, 0) is 18.1 Å². The van der Waals surface area contributed by atoms with Gasteiger partial charge < -0.3 is 20.0 Å². The van der Waals surface area contributed by atoms with Gasteiger partial charge in [0, 0.05) is 30.3 Å². The largest absolute Gasteiger partial charge is 0.534 e. The van der Waals surface area contributed by atoms with E-state index in [4.69, 9.17) is 22.1 Å². The number of fused-ring (bicyclic) bond motifs is 2. The van der Waals surface area contributed by atoms with Gasteiger partial charge in [-0.2, -0.15) is 21.6 Å². The molecule has 8 nitrogen and oxygen atoms in total. The van der Waals surface area contributed by atoms with Crippen LogP contribution in [-0.4, -0.2) is 37.0 Å². The van der Waals surface area contributed by atoms with E-state index in [1.165, 1.54) is 24.4 Å². The highest BCUT2D eigenvalue weighted by atomic mass is 35.5. The Morgan fingerprint density at radius 1 is 1.38 bits per heavy atom. The second-order valence-corrected chi connectivity index (χ2v) is 8.61. The van der Waals surface area contributed by atoms with Gasteiger partial charge in [0.1, 0.15) is 11.9 Å². The van der Waals surface area contributed by atoms with Gasteiger partial charge in [0.15, 0.2) is 0 Å². The molecule has 4 rings (SSSR count). The van der Waals surface area contributed by atoms with Gasteiger partial charge in [-0.3, -0.25) is 0 Å². The lowest BCUT2D eigenvalue weighted by Gasteiger charge is -2.29. The van der Waals surface area contributed by atoms with E-state index in [9.17, 15) is 21.6 Å². The predicted octanol–water partition coefficient (Wildman–Crippen LogP) is 2.77. The molecule has 2 aliphatic heterocycles. The lowest BCUT2D eigenvalue weighted by Crippen LogP contribution is -2.32. The van der Waals surface area contributed by atoms with Gasteiger partial charge in [0.05, 0.1) is 16.9 Å². The van der Waals surface area contributed by atoms with Crippen molar-refractivity contribution < 1.29 is 30.5 Å². The molecular formula is C16H14ClF3N4O4S. The first kappa shape index (κ1) is 20.0. The van der Waals surface area contributed by atoms with E-state index in [1.54, 1.807) is 0 Å². The summed E-state index contributed by atoms with van der Waals surface area (Å²) in [5, 5.41) is 3.35. The van der Waals surface area contributed by atoms with Crippen molar-refractivity contribution in [2.75, 3.05) is 24.2 Å². The van der Waals surface area contributed by atoms with Crippen molar-refractivity contribution in [3.05, 3.63) is 40.7 Å². The fourth-order valence-electron chi connectivity index (χ4n) is 3.70. The van der Waals surface area contributed by atoms with Gasteiger partial charge in [0.2, 0.25) is 5.95 Å². The topological polar surface area (TPSA) is 116 Å². The normalized spacial score (nSPS) is 23.8. The molecule has 1 aromatic heterocycles. The average molecular weight is 451 g/mol. The van der Waals surface area contributed by atoms with Gasteiger partial charge in [0.25, 0.3) is 0 Å². The van der Waals surface area contributed by atoms with Crippen molar-refractivity contribution in [2.45, 2.75) is 23.4 Å². The van der Waals surface area contributed by atoms with Crippen LogP contribution >= 0.6 is 11.6 Å². The molecule has 0 aliphatic carbocycles. The van der Waals surface area contributed by atoms with Crippen molar-refractivity contribution in [2.24, 2.45) is 0 Å². The molecule has 0 bridgehead atoms. The molecule has 2 aliphatic rings. The maximum absolute atomic E-state index is 12.6. The molecule has 13 heteroatoms. The van der Waals surface area contributed by atoms with Crippen LogP contribution in [0.25, 0.3) is 0 Å². The zero-order valence-electron chi connectivity index (χ0n) is 14.5. The highest BCUT2D eigenvalue weighted by Crippen LogP contribution is 2.54. The fraction of sp³-hybridized carbons (Fsp3) is 0.375. The van der Waals surface area contributed by atoms with Crippen molar-refractivity contribution in [1.29, 1.82) is 0 Å². The monoisotopic (exact) mass is 450 g/mol. The third kappa shape index (κ3) is 3.24. The molecule has 2 atom stereocenters. The van der Waals surface area contributed by atoms with E-state index in [1.807, 2.05) is 0 Å². The number of halogens is 4. The Bertz CT molecular complexity index is 1080. The number of hydrogen-bond donors (Lipinski definition) is 2. The Kier molecular flexibility index (Phi) is 4.55. The van der Waals surface area contributed by atoms with Crippen molar-refractivity contribution in [3.8, 4) is 5.75 Å². The van der Waals surface area contributed by atoms with Crippen LogP contribution in [-0.2, 0) is 20.3 Å². The zero-order valence-corrected chi connectivity index (χ0v) is 16.1. The van der Waals surface area contributed by atoms with Crippen molar-refractivity contribution in [3.63, 3.8) is 0 Å². The van der Waals surface area contributed by atoms with Gasteiger partial charge >= 0.3 is 15.6 Å². The number of ether oxygens (including phenoxy) is 1. The number of alkyl halides is 3. The Hall–Kier alpha value is -2.31. The van der Waals surface area contributed by atoms with Crippen LogP contribution in [0.4, 0.5) is 24.8 Å². The van der Waals surface area contributed by atoms with E-state index in [2.05, 4.69) is 19.5 Å². The molecule has 2 unspecified atom stereocenters. The minimum Gasteiger partial charge on any atom is -0.384 e. The van der Waals surface area contributed by atoms with Gasteiger partial charge in [-0.1, -0.05) is 17.7 Å². The zero-order chi connectivity index (χ0) is 21.0. The molecular weight excluding hydrogens is 437 g/mol. The van der Waals surface area contributed by atoms with Crippen LogP contribution < -0.4 is 15.2 Å². The molecule has 3 N–H and O–H groups in total. The predicted molar refractivity (Wildman–Crippen MR) is 97.0 cm³/mol. The van der Waals surface area contributed by atoms with E-state index < -0.39 is 32.9 Å². The molecule has 2 aromatic rings. The van der Waals surface area contributed by atoms with Crippen LogP contribution in [0, 0.1) is 0 Å². The summed E-state index contributed by atoms with van der Waals surface area (Å²) >= 11 is 6.23. The molecule has 0 saturated carbocycles. The van der Waals surface area contributed by atoms with Gasteiger partial charge in [-0.15, -0.1) is 0 Å². The summed E-state index contributed by atoms with van der Waals surface area (Å²) < 4.78 is 70.3. The number of nitrogens with one attached hydrogen (secondary N) is 1. The summed E-state index contributed by atoms with van der Waals surface area (Å²) in [6.45, 7) is 0.773. The molecule has 0 amide bonds. The molecule has 1 fully saturated rings. The van der Waals surface area contributed by atoms with Crippen LogP contribution in [0.5, 0.6) is 5.75 Å². The number of benzene rings is 1. The average Bonchev–Trinajstić information content (AvgIpc) is 3.21. The number of aromatic nitrogens is 2. The molecule has 156 valence electrons. The first-order valence-corrected chi connectivity index (χ1v) is 10.1. The molecule has 1 aromatic carbocycles. The summed E-state index contributed by atoms with van der Waals surface area (Å²) in [7, 11) is -5.76. The Balaban J connectivity index is 1.71. The van der Waals surface area contributed by atoms with Crippen LogP contribution in [0.3, 0.4) is 0 Å². The highest BCUT2D eigenvalue weighted by Gasteiger charge is 2.52. The Morgan fingerprint density at radius 3 is 2.86 bits per heavy atom. The second kappa shape index (κ2) is 6.61. The third-order valence-corrected chi connectivity index (χ3v) is 6.25. The summed E-state index contributed by atoms with van der Waals surface area (Å²) in [5.41, 5.74) is 1.12. The number of anilines is 2. The van der Waals surface area contributed by atoms with Crippen LogP contribution in [0.15, 0.2) is 24.4 Å². The van der Waals surface area contributed by atoms with Gasteiger partial charge in [-0.25, -0.2) is 9.97 Å². The summed E-state index contributed by atoms with van der Waals surface area (Å²) in [4.78, 5) is 8.03. The smallest absolute Gasteiger partial charge is 0.384 e. The lowest BCUT2D eigenvalue weighted by molar-refractivity contribution is -0.0500. The quantitative estimate of drug-likeness (QED) is 0.541. The van der Waals surface area contributed by atoms with E-state index >= 15 is 0 Å². The van der Waals surface area contributed by atoms with Crippen LogP contribution in [0.2, 0.25) is 5.02 Å². The molecule has 0 radical (unpaired) electrons. The minimum atomic E-state index is -5.76. The second-order valence-electron chi connectivity index (χ2n) is 6.66. The Morgan fingerprint density at radius 2 is 2.14 bits per heavy atom. The maximum atomic E-state index is 12.6. The van der Waals surface area contributed by atoms with Crippen LogP contribution in [0.1, 0.15) is 23.8 Å². The molecule has 29 heavy (non-hydrogen) atoms. The highest BCUT2D eigenvalue weighted by molar-refractivity contribution is 7.88. The molecule has 3 heterocycles. The SMILES string of the molecule is Nc1ncc(Cl)c(C2OCCC23CNc2cc(OS(=O)(=O)C(F)(F)F)ccc23)n1. The standard InChI is InChI=1S/C16H14ClF3N4O4S/c17-10-6-22-14(21)24-12(10)13-15(3-4-27-13)7-23-11-5-8(1-2-9(11)15)28-29(25,26)16(18,19)20/h1-2,5-6,13,23H,3-4,7H2,(H2,21,22,24). The van der Waals surface area contributed by atoms with Crippen molar-refractivity contribution >= 4 is 33.4 Å². The van der Waals surface area contributed by atoms with E-state index in [0.29, 0.717) is 31.0 Å². The van der Waals surface area contributed by atoms with E-state index in [0.717, 1.165) is 5.56 Å². The first-order chi connectivity index (χ1) is 13.5. The van der Waals surface area contributed by atoms with Crippen molar-refractivity contribution in [1.82, 2.24) is 9.97 Å². The minimum absolute atomic E-state index is 0.0299. The maximum Gasteiger partial charge on any atom is 0.534 e. The summed E-state index contributed by atoms with van der Waals surface area (Å²) in [5.74, 6) is -0.423. The van der Waals surface area contributed by atoms with E-state index in [-0.39, 0.29) is 11.0 Å².